The first kappa shape index (κ1) is 10.4. The number of piperidine rings is 1. The van der Waals surface area contributed by atoms with E-state index in [1.54, 1.807) is 0 Å². The summed E-state index contributed by atoms with van der Waals surface area (Å²) in [6.45, 7) is 1.06. The van der Waals surface area contributed by atoms with Crippen LogP contribution in [0.3, 0.4) is 0 Å². The van der Waals surface area contributed by atoms with Gasteiger partial charge in [-0.25, -0.2) is 0 Å². The quantitative estimate of drug-likeness (QED) is 0.718. The predicted octanol–water partition coefficient (Wildman–Crippen LogP) is 2.82. The summed E-state index contributed by atoms with van der Waals surface area (Å²) < 4.78 is 0. The van der Waals surface area contributed by atoms with Gasteiger partial charge in [-0.3, -0.25) is 4.79 Å². The molecule has 5 unspecified atom stereocenters. The Bertz CT molecular complexity index is 340. The van der Waals surface area contributed by atoms with E-state index >= 15 is 0 Å². The molecule has 0 aromatic heterocycles. The zero-order valence-corrected chi connectivity index (χ0v) is 10.6. The molecule has 0 aromatic rings. The third-order valence-corrected chi connectivity index (χ3v) is 5.90. The largest absolute Gasteiger partial charge is 0.339 e. The topological polar surface area (TPSA) is 20.3 Å². The number of nitrogens with zero attached hydrogens (tertiary/aromatic N) is 1. The highest BCUT2D eigenvalue weighted by Crippen LogP contribution is 2.50. The van der Waals surface area contributed by atoms with Gasteiger partial charge in [0.05, 0.1) is 0 Å². The third-order valence-electron chi connectivity index (χ3n) is 5.90. The SMILES string of the molecule is O=C(CC1CC2CCC1C2)N1CCCC2CC21. The predicted molar refractivity (Wildman–Crippen MR) is 66.4 cm³/mol. The Morgan fingerprint density at radius 2 is 2.00 bits per heavy atom. The van der Waals surface area contributed by atoms with Crippen LogP contribution in [0.4, 0.5) is 0 Å². The smallest absolute Gasteiger partial charge is 0.223 e. The second-order valence-corrected chi connectivity index (χ2v) is 6.93. The summed E-state index contributed by atoms with van der Waals surface area (Å²) in [5, 5.41) is 0. The fraction of sp³-hybridized carbons (Fsp3) is 0.933. The van der Waals surface area contributed by atoms with E-state index in [1.165, 1.54) is 44.9 Å². The highest BCUT2D eigenvalue weighted by Gasteiger charge is 2.47. The Kier molecular flexibility index (Phi) is 2.28. The average Bonchev–Trinajstić information content (AvgIpc) is 2.85. The maximum Gasteiger partial charge on any atom is 0.223 e. The first-order chi connectivity index (χ1) is 8.31. The molecule has 17 heavy (non-hydrogen) atoms. The van der Waals surface area contributed by atoms with E-state index in [4.69, 9.17) is 0 Å². The molecule has 1 heterocycles. The van der Waals surface area contributed by atoms with Crippen molar-refractivity contribution in [1.29, 1.82) is 0 Å². The van der Waals surface area contributed by atoms with Gasteiger partial charge in [-0.2, -0.15) is 0 Å². The summed E-state index contributed by atoms with van der Waals surface area (Å²) in [6, 6.07) is 0.662. The second-order valence-electron chi connectivity index (χ2n) is 6.93. The molecular weight excluding hydrogens is 210 g/mol. The van der Waals surface area contributed by atoms with Gasteiger partial charge in [-0.1, -0.05) is 6.42 Å². The highest BCUT2D eigenvalue weighted by molar-refractivity contribution is 5.77. The van der Waals surface area contributed by atoms with Gasteiger partial charge in [-0.15, -0.1) is 0 Å². The van der Waals surface area contributed by atoms with E-state index < -0.39 is 0 Å². The van der Waals surface area contributed by atoms with Crippen LogP contribution < -0.4 is 0 Å². The molecule has 1 amide bonds. The zero-order valence-electron chi connectivity index (χ0n) is 10.6. The molecule has 94 valence electrons. The summed E-state index contributed by atoms with van der Waals surface area (Å²) in [7, 11) is 0. The molecule has 4 aliphatic rings. The van der Waals surface area contributed by atoms with Crippen LogP contribution in [-0.4, -0.2) is 23.4 Å². The van der Waals surface area contributed by atoms with Crippen LogP contribution in [0.25, 0.3) is 0 Å². The fourth-order valence-corrected chi connectivity index (χ4v) is 4.89. The second kappa shape index (κ2) is 3.73. The van der Waals surface area contributed by atoms with E-state index in [-0.39, 0.29) is 0 Å². The van der Waals surface area contributed by atoms with Gasteiger partial charge in [0.25, 0.3) is 0 Å². The van der Waals surface area contributed by atoms with Gasteiger partial charge in [-0.05, 0) is 62.2 Å². The number of rotatable bonds is 2. The summed E-state index contributed by atoms with van der Waals surface area (Å²) in [5.41, 5.74) is 0. The van der Waals surface area contributed by atoms with Crippen molar-refractivity contribution in [1.82, 2.24) is 4.90 Å². The molecule has 0 aromatic carbocycles. The van der Waals surface area contributed by atoms with Crippen LogP contribution >= 0.6 is 0 Å². The van der Waals surface area contributed by atoms with E-state index in [1.807, 2.05) is 0 Å². The normalized spacial score (nSPS) is 47.1. The van der Waals surface area contributed by atoms with E-state index in [0.717, 1.165) is 36.6 Å². The first-order valence-electron chi connectivity index (χ1n) is 7.60. The summed E-state index contributed by atoms with van der Waals surface area (Å²) >= 11 is 0. The van der Waals surface area contributed by atoms with E-state index in [0.29, 0.717) is 11.9 Å². The Balaban J connectivity index is 1.37. The van der Waals surface area contributed by atoms with E-state index in [9.17, 15) is 4.79 Å². The van der Waals surface area contributed by atoms with Gasteiger partial charge < -0.3 is 4.90 Å². The first-order valence-corrected chi connectivity index (χ1v) is 7.60. The van der Waals surface area contributed by atoms with Gasteiger partial charge in [0.2, 0.25) is 5.91 Å². The van der Waals surface area contributed by atoms with Gasteiger partial charge >= 0.3 is 0 Å². The molecule has 3 aliphatic carbocycles. The molecule has 5 atom stereocenters. The molecule has 4 rings (SSSR count). The molecular formula is C15H23NO. The Morgan fingerprint density at radius 3 is 2.76 bits per heavy atom. The minimum Gasteiger partial charge on any atom is -0.339 e. The Morgan fingerprint density at radius 1 is 1.06 bits per heavy atom. The summed E-state index contributed by atoms with van der Waals surface area (Å²) in [6.07, 6.45) is 10.5. The lowest BCUT2D eigenvalue weighted by atomic mass is 9.86. The van der Waals surface area contributed by atoms with Crippen LogP contribution in [0.5, 0.6) is 0 Å². The molecule has 0 spiro atoms. The number of fused-ring (bicyclic) bond motifs is 3. The minimum absolute atomic E-state index is 0.495. The zero-order chi connectivity index (χ0) is 11.4. The maximum absolute atomic E-state index is 12.4. The van der Waals surface area contributed by atoms with Gasteiger partial charge in [0, 0.05) is 19.0 Å². The molecule has 2 bridgehead atoms. The molecule has 2 nitrogen and oxygen atoms in total. The monoisotopic (exact) mass is 233 g/mol. The van der Waals surface area contributed by atoms with Crippen LogP contribution in [0.1, 0.15) is 51.4 Å². The number of carbonyl (C=O) groups is 1. The lowest BCUT2D eigenvalue weighted by Crippen LogP contribution is -2.38. The van der Waals surface area contributed by atoms with Crippen LogP contribution in [0, 0.1) is 23.7 Å². The molecule has 1 saturated heterocycles. The molecule has 3 saturated carbocycles. The van der Waals surface area contributed by atoms with Crippen molar-refractivity contribution in [2.24, 2.45) is 23.7 Å². The maximum atomic E-state index is 12.4. The highest BCUT2D eigenvalue weighted by atomic mass is 16.2. The van der Waals surface area contributed by atoms with Crippen molar-refractivity contribution in [2.75, 3.05) is 6.54 Å². The number of hydrogen-bond acceptors (Lipinski definition) is 1. The van der Waals surface area contributed by atoms with Crippen molar-refractivity contribution in [2.45, 2.75) is 57.4 Å². The lowest BCUT2D eigenvalue weighted by molar-refractivity contribution is -0.134. The minimum atomic E-state index is 0.495. The van der Waals surface area contributed by atoms with Crippen molar-refractivity contribution >= 4 is 5.91 Å². The van der Waals surface area contributed by atoms with Crippen LogP contribution in [-0.2, 0) is 4.79 Å². The number of carbonyl (C=O) groups excluding carboxylic acids is 1. The molecule has 1 aliphatic heterocycles. The van der Waals surface area contributed by atoms with Gasteiger partial charge in [0.1, 0.15) is 0 Å². The molecule has 0 radical (unpaired) electrons. The standard InChI is InChI=1S/C15H23NO/c17-15(16-5-1-2-12-8-14(12)16)9-13-7-10-3-4-11(13)6-10/h10-14H,1-9H2. The van der Waals surface area contributed by atoms with Crippen molar-refractivity contribution < 1.29 is 4.79 Å². The van der Waals surface area contributed by atoms with Crippen LogP contribution in [0.2, 0.25) is 0 Å². The molecule has 0 N–H and O–H groups in total. The number of likely N-dealkylation sites (tertiary alicyclic amines) is 1. The lowest BCUT2D eigenvalue weighted by Gasteiger charge is -2.29. The molecule has 2 heteroatoms. The van der Waals surface area contributed by atoms with E-state index in [2.05, 4.69) is 4.90 Å². The Hall–Kier alpha value is -0.530. The fourth-order valence-electron chi connectivity index (χ4n) is 4.89. The summed E-state index contributed by atoms with van der Waals surface area (Å²) in [4.78, 5) is 14.6. The van der Waals surface area contributed by atoms with Gasteiger partial charge in [0.15, 0.2) is 0 Å². The van der Waals surface area contributed by atoms with Crippen molar-refractivity contribution in [3.8, 4) is 0 Å². The summed E-state index contributed by atoms with van der Waals surface area (Å²) in [5.74, 6) is 4.01. The van der Waals surface area contributed by atoms with Crippen molar-refractivity contribution in [3.05, 3.63) is 0 Å². The molecule has 4 fully saturated rings. The average molecular weight is 233 g/mol. The van der Waals surface area contributed by atoms with Crippen molar-refractivity contribution in [3.63, 3.8) is 0 Å². The number of hydrogen-bond donors (Lipinski definition) is 0. The Labute approximate surface area is 104 Å². The number of amides is 1. The van der Waals surface area contributed by atoms with Crippen LogP contribution in [0.15, 0.2) is 0 Å². The third kappa shape index (κ3) is 1.71.